The molecule has 2 heterocycles. The first kappa shape index (κ1) is 27.5. The van der Waals surface area contributed by atoms with E-state index in [1.165, 1.54) is 32.3 Å². The Balaban J connectivity index is 1.11. The Kier molecular flexibility index (Phi) is 6.15. The van der Waals surface area contributed by atoms with Crippen molar-refractivity contribution >= 4 is 54.3 Å². The number of hydrogen-bond donors (Lipinski definition) is 0. The third-order valence-electron chi connectivity index (χ3n) is 9.52. The van der Waals surface area contributed by atoms with Gasteiger partial charge >= 0.3 is 0 Å². The molecule has 0 bridgehead atoms. The fourth-order valence-electron chi connectivity index (χ4n) is 7.16. The van der Waals surface area contributed by atoms with E-state index in [0.717, 1.165) is 49.8 Å². The van der Waals surface area contributed by atoms with Gasteiger partial charge in [0.2, 0.25) is 0 Å². The van der Waals surface area contributed by atoms with Gasteiger partial charge in [0.05, 0.1) is 0 Å². The normalized spacial score (nSPS) is 11.7. The van der Waals surface area contributed by atoms with Gasteiger partial charge in [-0.05, 0) is 50.0 Å². The molecule has 4 nitrogen and oxygen atoms in total. The first-order valence-corrected chi connectivity index (χ1v) is 16.4. The number of hydrogen-bond acceptors (Lipinski definition) is 4. The predicted molar refractivity (Wildman–Crippen MR) is 201 cm³/mol. The van der Waals surface area contributed by atoms with Gasteiger partial charge in [0.25, 0.3) is 0 Å². The van der Waals surface area contributed by atoms with Gasteiger partial charge in [0.1, 0.15) is 11.2 Å². The van der Waals surface area contributed by atoms with Crippen LogP contribution in [0.2, 0.25) is 0 Å². The maximum Gasteiger partial charge on any atom is 0.164 e. The number of benzene rings is 8. The van der Waals surface area contributed by atoms with Crippen LogP contribution in [-0.4, -0.2) is 15.0 Å². The van der Waals surface area contributed by atoms with Gasteiger partial charge < -0.3 is 4.42 Å². The van der Waals surface area contributed by atoms with Crippen LogP contribution in [0, 0.1) is 0 Å². The third kappa shape index (κ3) is 4.49. The van der Waals surface area contributed by atoms with E-state index in [4.69, 9.17) is 19.4 Å². The van der Waals surface area contributed by atoms with Gasteiger partial charge in [0, 0.05) is 33.0 Å². The first-order valence-electron chi connectivity index (χ1n) is 16.4. The van der Waals surface area contributed by atoms with Crippen LogP contribution >= 0.6 is 0 Å². The van der Waals surface area contributed by atoms with Crippen LogP contribution in [0.15, 0.2) is 168 Å². The van der Waals surface area contributed by atoms with Crippen molar-refractivity contribution in [3.05, 3.63) is 164 Å². The molecule has 0 amide bonds. The summed E-state index contributed by atoms with van der Waals surface area (Å²) in [7, 11) is 0. The summed E-state index contributed by atoms with van der Waals surface area (Å²) in [5, 5.41) is 9.68. The van der Waals surface area contributed by atoms with Gasteiger partial charge in [-0.15, -0.1) is 0 Å². The number of fused-ring (bicyclic) bond motifs is 9. The quantitative estimate of drug-likeness (QED) is 0.183. The van der Waals surface area contributed by atoms with Crippen molar-refractivity contribution in [2.45, 2.75) is 0 Å². The molecule has 2 aromatic heterocycles. The highest BCUT2D eigenvalue weighted by atomic mass is 16.3. The summed E-state index contributed by atoms with van der Waals surface area (Å²) in [5.74, 6) is 1.93. The lowest BCUT2D eigenvalue weighted by atomic mass is 9.93. The van der Waals surface area contributed by atoms with Gasteiger partial charge in [0.15, 0.2) is 17.5 Å². The van der Waals surface area contributed by atoms with Crippen molar-refractivity contribution < 1.29 is 4.42 Å². The second-order valence-corrected chi connectivity index (χ2v) is 12.4. The lowest BCUT2D eigenvalue weighted by Gasteiger charge is -2.10. The van der Waals surface area contributed by atoms with Crippen LogP contribution < -0.4 is 0 Å². The summed E-state index contributed by atoms with van der Waals surface area (Å²) >= 11 is 0. The molecule has 0 unspecified atom stereocenters. The molecule has 0 saturated carbocycles. The molecule has 8 aromatic carbocycles. The van der Waals surface area contributed by atoms with E-state index in [0.29, 0.717) is 17.5 Å². The maximum atomic E-state index is 6.72. The Morgan fingerprint density at radius 1 is 0.306 bits per heavy atom. The summed E-state index contributed by atoms with van der Waals surface area (Å²) in [6.45, 7) is 0. The number of nitrogens with zero attached hydrogens (tertiary/aromatic N) is 3. The molecule has 0 spiro atoms. The summed E-state index contributed by atoms with van der Waals surface area (Å²) < 4.78 is 6.72. The fraction of sp³-hybridized carbons (Fsp3) is 0. The summed E-state index contributed by atoms with van der Waals surface area (Å²) in [5.41, 5.74) is 6.70. The van der Waals surface area contributed by atoms with E-state index >= 15 is 0 Å². The maximum absolute atomic E-state index is 6.72. The van der Waals surface area contributed by atoms with E-state index in [2.05, 4.69) is 103 Å². The van der Waals surface area contributed by atoms with Gasteiger partial charge in [-0.25, -0.2) is 15.0 Å². The summed E-state index contributed by atoms with van der Waals surface area (Å²) in [6, 6.07) is 56.8. The Hall–Kier alpha value is -6.65. The van der Waals surface area contributed by atoms with Crippen LogP contribution in [0.25, 0.3) is 99.5 Å². The van der Waals surface area contributed by atoms with Gasteiger partial charge in [-0.1, -0.05) is 152 Å². The first-order chi connectivity index (χ1) is 24.3. The number of furan rings is 1. The molecule has 0 aliphatic carbocycles. The molecule has 10 rings (SSSR count). The molecular formula is C45H27N3O. The highest BCUT2D eigenvalue weighted by molar-refractivity contribution is 6.28. The molecule has 49 heavy (non-hydrogen) atoms. The second kappa shape index (κ2) is 11.0. The average molecular weight is 626 g/mol. The van der Waals surface area contributed by atoms with Crippen LogP contribution in [0.5, 0.6) is 0 Å². The zero-order valence-electron chi connectivity index (χ0n) is 26.3. The number of rotatable bonds is 4. The van der Waals surface area contributed by atoms with Crippen molar-refractivity contribution in [2.24, 2.45) is 0 Å². The van der Waals surface area contributed by atoms with Crippen LogP contribution in [0.4, 0.5) is 0 Å². The Bertz CT molecular complexity index is 2800. The topological polar surface area (TPSA) is 51.8 Å². The molecule has 10 aromatic rings. The summed E-state index contributed by atoms with van der Waals surface area (Å²) in [4.78, 5) is 14.7. The van der Waals surface area contributed by atoms with E-state index in [1.807, 2.05) is 60.7 Å². The Labute approximate surface area is 282 Å². The van der Waals surface area contributed by atoms with Gasteiger partial charge in [-0.2, -0.15) is 0 Å². The molecule has 0 atom stereocenters. The van der Waals surface area contributed by atoms with E-state index in [9.17, 15) is 0 Å². The molecule has 0 aliphatic heterocycles. The zero-order valence-corrected chi connectivity index (χ0v) is 26.3. The molecule has 4 heteroatoms. The minimum atomic E-state index is 0.632. The smallest absolute Gasteiger partial charge is 0.164 e. The molecule has 0 saturated heterocycles. The molecule has 0 radical (unpaired) electrons. The number of para-hydroxylation sites is 1. The highest BCUT2D eigenvalue weighted by Gasteiger charge is 2.17. The fourth-order valence-corrected chi connectivity index (χ4v) is 7.16. The van der Waals surface area contributed by atoms with Crippen molar-refractivity contribution in [1.82, 2.24) is 15.0 Å². The highest BCUT2D eigenvalue weighted by Crippen LogP contribution is 2.42. The minimum Gasteiger partial charge on any atom is -0.455 e. The number of aromatic nitrogens is 3. The molecular weight excluding hydrogens is 599 g/mol. The largest absolute Gasteiger partial charge is 0.455 e. The molecule has 0 fully saturated rings. The molecule has 0 N–H and O–H groups in total. The monoisotopic (exact) mass is 625 g/mol. The second-order valence-electron chi connectivity index (χ2n) is 12.4. The lowest BCUT2D eigenvalue weighted by molar-refractivity contribution is 0.670. The van der Waals surface area contributed by atoms with Crippen molar-refractivity contribution in [3.8, 4) is 45.3 Å². The average Bonchev–Trinajstić information content (AvgIpc) is 3.56. The SMILES string of the molecule is c1ccc(-c2nc(-c3ccccc3)nc(-c3ccc(-c4cccc5c4oc4cc6c7ccccc7c7ccccc7c6cc45)cc3)n2)cc1. The Morgan fingerprint density at radius 3 is 1.29 bits per heavy atom. The standard InChI is InChI=1S/C45H27N3O/c1-3-12-29(13-4-1)43-46-44(30-14-5-2-6-15-30)48-45(47-43)31-24-22-28(23-25-31)32-20-11-21-37-40-26-38-35-18-9-7-16-33(35)34-17-8-10-19-36(34)39(38)27-41(40)49-42(32)37/h1-27H. The zero-order chi connectivity index (χ0) is 32.3. The minimum absolute atomic E-state index is 0.632. The third-order valence-corrected chi connectivity index (χ3v) is 9.52. The molecule has 228 valence electrons. The van der Waals surface area contributed by atoms with Crippen LogP contribution in [-0.2, 0) is 0 Å². The van der Waals surface area contributed by atoms with Crippen molar-refractivity contribution in [2.75, 3.05) is 0 Å². The lowest BCUT2D eigenvalue weighted by Crippen LogP contribution is -2.00. The van der Waals surface area contributed by atoms with Crippen LogP contribution in [0.1, 0.15) is 0 Å². The predicted octanol–water partition coefficient (Wildman–Crippen LogP) is 11.9. The van der Waals surface area contributed by atoms with E-state index in [1.54, 1.807) is 0 Å². The van der Waals surface area contributed by atoms with E-state index < -0.39 is 0 Å². The van der Waals surface area contributed by atoms with Crippen LogP contribution in [0.3, 0.4) is 0 Å². The Morgan fingerprint density at radius 2 is 0.735 bits per heavy atom. The van der Waals surface area contributed by atoms with Gasteiger partial charge in [-0.3, -0.25) is 0 Å². The van der Waals surface area contributed by atoms with Crippen molar-refractivity contribution in [3.63, 3.8) is 0 Å². The summed E-state index contributed by atoms with van der Waals surface area (Å²) in [6.07, 6.45) is 0. The van der Waals surface area contributed by atoms with Crippen molar-refractivity contribution in [1.29, 1.82) is 0 Å². The van der Waals surface area contributed by atoms with E-state index in [-0.39, 0.29) is 0 Å². The molecule has 0 aliphatic rings.